The van der Waals surface area contributed by atoms with Gasteiger partial charge in [0.1, 0.15) is 0 Å². The third kappa shape index (κ3) is 5.02. The summed E-state index contributed by atoms with van der Waals surface area (Å²) in [4.78, 5) is 27.6. The van der Waals surface area contributed by atoms with Crippen molar-refractivity contribution in [2.75, 3.05) is 25.0 Å². The molecule has 29 heavy (non-hydrogen) atoms. The van der Waals surface area contributed by atoms with Crippen LogP contribution in [-0.4, -0.2) is 35.8 Å². The van der Waals surface area contributed by atoms with Gasteiger partial charge in [-0.1, -0.05) is 50.2 Å². The molecule has 0 saturated heterocycles. The average molecular weight is 393 g/mol. The summed E-state index contributed by atoms with van der Waals surface area (Å²) >= 11 is 0. The SMILES string of the molecule is CC(C)Cn1nc(C(=O)NCCCN(C)c2ccccc2)c2ccccc2c1=O. The van der Waals surface area contributed by atoms with E-state index in [1.54, 1.807) is 12.1 Å². The molecule has 0 spiro atoms. The fraction of sp³-hybridized carbons (Fsp3) is 0.348. The monoisotopic (exact) mass is 392 g/mol. The first kappa shape index (κ1) is 20.6. The third-order valence-electron chi connectivity index (χ3n) is 4.77. The fourth-order valence-electron chi connectivity index (χ4n) is 3.29. The molecule has 3 aromatic rings. The molecular formula is C23H28N4O2. The lowest BCUT2D eigenvalue weighted by Gasteiger charge is -2.19. The summed E-state index contributed by atoms with van der Waals surface area (Å²) in [6, 6.07) is 17.3. The van der Waals surface area contributed by atoms with Gasteiger partial charge in [-0.2, -0.15) is 5.10 Å². The molecule has 3 rings (SSSR count). The van der Waals surface area contributed by atoms with Crippen molar-refractivity contribution in [1.82, 2.24) is 15.1 Å². The van der Waals surface area contributed by atoms with Crippen molar-refractivity contribution in [2.45, 2.75) is 26.8 Å². The molecule has 0 saturated carbocycles. The van der Waals surface area contributed by atoms with Gasteiger partial charge in [0, 0.05) is 37.8 Å². The number of fused-ring (bicyclic) bond motifs is 1. The number of hydrogen-bond acceptors (Lipinski definition) is 4. The zero-order valence-corrected chi connectivity index (χ0v) is 17.3. The number of rotatable bonds is 8. The molecule has 0 aliphatic heterocycles. The van der Waals surface area contributed by atoms with Gasteiger partial charge in [-0.25, -0.2) is 4.68 Å². The molecule has 0 atom stereocenters. The van der Waals surface area contributed by atoms with Gasteiger partial charge >= 0.3 is 0 Å². The zero-order chi connectivity index (χ0) is 20.8. The highest BCUT2D eigenvalue weighted by Crippen LogP contribution is 2.14. The zero-order valence-electron chi connectivity index (χ0n) is 17.3. The Morgan fingerprint density at radius 2 is 1.72 bits per heavy atom. The van der Waals surface area contributed by atoms with Crippen molar-refractivity contribution in [2.24, 2.45) is 5.92 Å². The van der Waals surface area contributed by atoms with E-state index < -0.39 is 0 Å². The van der Waals surface area contributed by atoms with E-state index in [0.717, 1.165) is 18.7 Å². The number of aromatic nitrogens is 2. The second kappa shape index (κ2) is 9.37. The van der Waals surface area contributed by atoms with Crippen molar-refractivity contribution in [3.63, 3.8) is 0 Å². The van der Waals surface area contributed by atoms with E-state index in [1.807, 2.05) is 51.2 Å². The van der Waals surface area contributed by atoms with Crippen LogP contribution < -0.4 is 15.8 Å². The fourth-order valence-corrected chi connectivity index (χ4v) is 3.29. The molecule has 0 bridgehead atoms. The molecule has 2 aromatic carbocycles. The second-order valence-corrected chi connectivity index (χ2v) is 7.64. The number of benzene rings is 2. The maximum absolute atomic E-state index is 12.8. The Kier molecular flexibility index (Phi) is 6.65. The molecular weight excluding hydrogens is 364 g/mol. The van der Waals surface area contributed by atoms with E-state index in [4.69, 9.17) is 0 Å². The van der Waals surface area contributed by atoms with Crippen LogP contribution in [0.2, 0.25) is 0 Å². The molecule has 152 valence electrons. The molecule has 1 aromatic heterocycles. The van der Waals surface area contributed by atoms with Crippen molar-refractivity contribution in [3.05, 3.63) is 70.6 Å². The van der Waals surface area contributed by atoms with Crippen LogP contribution in [0.3, 0.4) is 0 Å². The number of carbonyl (C=O) groups is 1. The summed E-state index contributed by atoms with van der Waals surface area (Å²) in [5, 5.41) is 8.46. The largest absolute Gasteiger partial charge is 0.375 e. The van der Waals surface area contributed by atoms with Crippen LogP contribution in [0, 0.1) is 5.92 Å². The number of para-hydroxylation sites is 1. The minimum Gasteiger partial charge on any atom is -0.375 e. The maximum Gasteiger partial charge on any atom is 0.274 e. The van der Waals surface area contributed by atoms with Crippen LogP contribution in [0.4, 0.5) is 5.69 Å². The minimum absolute atomic E-state index is 0.157. The molecule has 6 nitrogen and oxygen atoms in total. The van der Waals surface area contributed by atoms with Crippen LogP contribution >= 0.6 is 0 Å². The van der Waals surface area contributed by atoms with Crippen LogP contribution in [0.5, 0.6) is 0 Å². The number of nitrogens with zero attached hydrogens (tertiary/aromatic N) is 3. The standard InChI is InChI=1S/C23H28N4O2/c1-17(2)16-27-23(29)20-13-8-7-12-19(20)21(25-27)22(28)24-14-9-15-26(3)18-10-5-4-6-11-18/h4-8,10-13,17H,9,14-16H2,1-3H3,(H,24,28). The highest BCUT2D eigenvalue weighted by molar-refractivity contribution is 6.04. The normalized spacial score (nSPS) is 11.0. The molecule has 1 N–H and O–H groups in total. The van der Waals surface area contributed by atoms with Gasteiger partial charge in [0.25, 0.3) is 11.5 Å². The Balaban J connectivity index is 1.70. The predicted molar refractivity (Wildman–Crippen MR) is 118 cm³/mol. The molecule has 1 heterocycles. The first-order chi connectivity index (χ1) is 14.0. The van der Waals surface area contributed by atoms with E-state index in [9.17, 15) is 9.59 Å². The van der Waals surface area contributed by atoms with E-state index in [1.165, 1.54) is 4.68 Å². The lowest BCUT2D eigenvalue weighted by molar-refractivity contribution is 0.0947. The Bertz CT molecular complexity index is 1030. The molecule has 0 fully saturated rings. The summed E-state index contributed by atoms with van der Waals surface area (Å²) in [7, 11) is 2.04. The van der Waals surface area contributed by atoms with E-state index in [-0.39, 0.29) is 17.4 Å². The van der Waals surface area contributed by atoms with Gasteiger partial charge in [-0.15, -0.1) is 0 Å². The van der Waals surface area contributed by atoms with Crippen molar-refractivity contribution in [1.29, 1.82) is 0 Å². The molecule has 0 aliphatic rings. The van der Waals surface area contributed by atoms with Crippen LogP contribution in [0.1, 0.15) is 30.8 Å². The third-order valence-corrected chi connectivity index (χ3v) is 4.77. The van der Waals surface area contributed by atoms with Crippen molar-refractivity contribution >= 4 is 22.4 Å². The van der Waals surface area contributed by atoms with Crippen LogP contribution in [0.25, 0.3) is 10.8 Å². The summed E-state index contributed by atoms with van der Waals surface area (Å²) in [6.45, 7) is 5.88. The quantitative estimate of drug-likeness (QED) is 0.597. The molecule has 0 radical (unpaired) electrons. The first-order valence-electron chi connectivity index (χ1n) is 10.0. The Labute approximate surface area is 171 Å². The van der Waals surface area contributed by atoms with Crippen LogP contribution in [0.15, 0.2) is 59.4 Å². The number of amides is 1. The summed E-state index contributed by atoms with van der Waals surface area (Å²) in [6.07, 6.45) is 0.806. The van der Waals surface area contributed by atoms with Gasteiger partial charge in [-0.3, -0.25) is 9.59 Å². The Morgan fingerprint density at radius 1 is 1.07 bits per heavy atom. The van der Waals surface area contributed by atoms with Gasteiger partial charge in [-0.05, 0) is 30.5 Å². The average Bonchev–Trinajstić information content (AvgIpc) is 2.73. The minimum atomic E-state index is -0.249. The van der Waals surface area contributed by atoms with Crippen molar-refractivity contribution < 1.29 is 4.79 Å². The lowest BCUT2D eigenvalue weighted by Crippen LogP contribution is -2.33. The topological polar surface area (TPSA) is 67.2 Å². The number of carbonyl (C=O) groups excluding carboxylic acids is 1. The second-order valence-electron chi connectivity index (χ2n) is 7.64. The van der Waals surface area contributed by atoms with E-state index >= 15 is 0 Å². The van der Waals surface area contributed by atoms with Crippen molar-refractivity contribution in [3.8, 4) is 0 Å². The molecule has 1 amide bonds. The Hall–Kier alpha value is -3.15. The summed E-state index contributed by atoms with van der Waals surface area (Å²) in [5.41, 5.74) is 1.29. The highest BCUT2D eigenvalue weighted by atomic mass is 16.2. The summed E-state index contributed by atoms with van der Waals surface area (Å²) in [5.74, 6) is 0.00636. The molecule has 0 aliphatic carbocycles. The number of hydrogen-bond donors (Lipinski definition) is 1. The lowest BCUT2D eigenvalue weighted by atomic mass is 10.1. The van der Waals surface area contributed by atoms with Gasteiger partial charge in [0.15, 0.2) is 5.69 Å². The highest BCUT2D eigenvalue weighted by Gasteiger charge is 2.16. The smallest absolute Gasteiger partial charge is 0.274 e. The van der Waals surface area contributed by atoms with Gasteiger partial charge in [0.2, 0.25) is 0 Å². The number of nitrogens with one attached hydrogen (secondary N) is 1. The maximum atomic E-state index is 12.8. The first-order valence-corrected chi connectivity index (χ1v) is 10.0. The van der Waals surface area contributed by atoms with Gasteiger partial charge in [0.05, 0.1) is 5.39 Å². The van der Waals surface area contributed by atoms with Crippen LogP contribution in [-0.2, 0) is 6.54 Å². The molecule has 0 unspecified atom stereocenters. The molecule has 6 heteroatoms. The van der Waals surface area contributed by atoms with E-state index in [2.05, 4.69) is 27.4 Å². The number of anilines is 1. The predicted octanol–water partition coefficient (Wildman–Crippen LogP) is 3.31. The summed E-state index contributed by atoms with van der Waals surface area (Å²) < 4.78 is 1.41. The Morgan fingerprint density at radius 3 is 2.41 bits per heavy atom. The van der Waals surface area contributed by atoms with E-state index in [0.29, 0.717) is 29.6 Å². The van der Waals surface area contributed by atoms with Gasteiger partial charge < -0.3 is 10.2 Å².